The van der Waals surface area contributed by atoms with Gasteiger partial charge in [0, 0.05) is 53.9 Å². The summed E-state index contributed by atoms with van der Waals surface area (Å²) in [4.78, 5) is 12.8. The van der Waals surface area contributed by atoms with Crippen molar-refractivity contribution in [2.45, 2.75) is 94.8 Å². The third-order valence-electron chi connectivity index (χ3n) is 9.48. The van der Waals surface area contributed by atoms with Gasteiger partial charge in [-0.15, -0.1) is 0 Å². The molecule has 262 valence electrons. The second-order valence-electron chi connectivity index (χ2n) is 13.4. The van der Waals surface area contributed by atoms with Gasteiger partial charge in [0.2, 0.25) is 5.69 Å². The maximum atomic E-state index is 12.2. The van der Waals surface area contributed by atoms with Crippen molar-refractivity contribution in [1.29, 1.82) is 0 Å². The van der Waals surface area contributed by atoms with E-state index in [1.807, 2.05) is 36.1 Å². The molecule has 2 aromatic rings. The molecule has 1 atom stereocenters. The second-order valence-corrected chi connectivity index (χ2v) is 16.4. The fourth-order valence-corrected chi connectivity index (χ4v) is 7.98. The van der Waals surface area contributed by atoms with Crippen molar-refractivity contribution in [3.63, 3.8) is 0 Å². The summed E-state index contributed by atoms with van der Waals surface area (Å²) in [5.74, 6) is -1.14. The highest BCUT2D eigenvalue weighted by Gasteiger charge is 2.45. The van der Waals surface area contributed by atoms with Crippen molar-refractivity contribution in [3.8, 4) is 5.75 Å². The molecule has 2 aromatic carbocycles. The fourth-order valence-electron chi connectivity index (χ4n) is 6.98. The van der Waals surface area contributed by atoms with Crippen LogP contribution in [0.15, 0.2) is 65.2 Å². The van der Waals surface area contributed by atoms with E-state index in [1.165, 1.54) is 12.1 Å². The van der Waals surface area contributed by atoms with Crippen LogP contribution in [0.4, 0.5) is 11.4 Å². The summed E-state index contributed by atoms with van der Waals surface area (Å²) in [7, 11) is -8.75. The van der Waals surface area contributed by atoms with Crippen molar-refractivity contribution in [3.05, 3.63) is 71.5 Å². The van der Waals surface area contributed by atoms with Gasteiger partial charge in [0.1, 0.15) is 12.3 Å². The Morgan fingerprint density at radius 1 is 0.938 bits per heavy atom. The molecule has 0 saturated heterocycles. The average Bonchev–Trinajstić information content (AvgIpc) is 3.34. The number of carboxylic acids is 1. The summed E-state index contributed by atoms with van der Waals surface area (Å²) in [6.07, 6.45) is 10.3. The van der Waals surface area contributed by atoms with Crippen LogP contribution in [0.3, 0.4) is 0 Å². The number of hydrogen-bond acceptors (Lipinski definition) is 7. The highest BCUT2D eigenvalue weighted by molar-refractivity contribution is 7.86. The van der Waals surface area contributed by atoms with Gasteiger partial charge in [-0.3, -0.25) is 13.9 Å². The zero-order chi connectivity index (χ0) is 35.5. The molecule has 2 aliphatic rings. The number of phenols is 1. The molecule has 4 rings (SSSR count). The molecule has 0 aliphatic carbocycles. The molecule has 1 unspecified atom stereocenters. The second kappa shape index (κ2) is 14.5. The SMILES string of the molecule is CCCC[N+]1=C(/C=C/C=C2/N(CCCS(=O)(=O)O)c3ccc(S(=O)(=O)O)cc3C2(C)CCCCCC(=O)O)C(C)(C)c2cc(O)ccc21. The van der Waals surface area contributed by atoms with E-state index in [-0.39, 0.29) is 30.0 Å². The first-order valence-corrected chi connectivity index (χ1v) is 19.4. The van der Waals surface area contributed by atoms with E-state index in [0.717, 1.165) is 42.0 Å². The van der Waals surface area contributed by atoms with E-state index in [9.17, 15) is 35.8 Å². The molecule has 0 aromatic heterocycles. The molecule has 0 bridgehead atoms. The molecule has 48 heavy (non-hydrogen) atoms. The summed E-state index contributed by atoms with van der Waals surface area (Å²) in [5.41, 5.74) is 3.94. The van der Waals surface area contributed by atoms with Gasteiger partial charge in [0.25, 0.3) is 20.2 Å². The smallest absolute Gasteiger partial charge is 0.303 e. The molecular formula is C35H47N2O9S2+. The summed E-state index contributed by atoms with van der Waals surface area (Å²) < 4.78 is 69.2. The molecule has 13 heteroatoms. The standard InChI is InChI=1S/C35H46N2O9S2/c1-5-6-20-36-29-17-15-25(38)23-27(29)34(2,3)31(36)12-10-13-32-35(4,19-9-7-8-14-33(39)40)28-24-26(48(44,45)46)16-18-30(28)37(32)21-11-22-47(41,42)43/h10,12-13,15-18,23-24H,5-9,11,14,19-22H2,1-4H3,(H3-,38,39,40,41,42,43,44,45,46)/p+1. The lowest BCUT2D eigenvalue weighted by Crippen LogP contribution is -2.30. The van der Waals surface area contributed by atoms with Crippen LogP contribution < -0.4 is 4.90 Å². The average molecular weight is 704 g/mol. The Hall–Kier alpha value is -3.52. The van der Waals surface area contributed by atoms with Gasteiger partial charge in [-0.1, -0.05) is 32.3 Å². The van der Waals surface area contributed by atoms with Crippen LogP contribution in [0.1, 0.15) is 90.2 Å². The van der Waals surface area contributed by atoms with Crippen LogP contribution in [-0.4, -0.2) is 71.3 Å². The molecule has 4 N–H and O–H groups in total. The maximum absolute atomic E-state index is 12.2. The topological polar surface area (TPSA) is 173 Å². The Balaban J connectivity index is 1.83. The van der Waals surface area contributed by atoms with Crippen LogP contribution in [0.2, 0.25) is 0 Å². The molecule has 0 spiro atoms. The van der Waals surface area contributed by atoms with Crippen LogP contribution >= 0.6 is 0 Å². The fraction of sp³-hybridized carbons (Fsp3) is 0.486. The number of carboxylic acid groups (broad SMARTS) is 1. The number of hydrogen-bond donors (Lipinski definition) is 4. The number of benzene rings is 2. The van der Waals surface area contributed by atoms with E-state index in [2.05, 4.69) is 25.3 Å². The van der Waals surface area contributed by atoms with E-state index in [1.54, 1.807) is 18.2 Å². The molecule has 0 radical (unpaired) electrons. The molecular weight excluding hydrogens is 657 g/mol. The van der Waals surface area contributed by atoms with Crippen LogP contribution in [-0.2, 0) is 35.9 Å². The van der Waals surface area contributed by atoms with E-state index < -0.39 is 42.8 Å². The van der Waals surface area contributed by atoms with Gasteiger partial charge in [-0.2, -0.15) is 21.4 Å². The third kappa shape index (κ3) is 8.19. The summed E-state index contributed by atoms with van der Waals surface area (Å²) in [6.45, 7) is 9.31. The van der Waals surface area contributed by atoms with Gasteiger partial charge in [-0.05, 0) is 82.0 Å². The van der Waals surface area contributed by atoms with Crippen molar-refractivity contribution in [1.82, 2.24) is 0 Å². The minimum Gasteiger partial charge on any atom is -0.508 e. The van der Waals surface area contributed by atoms with Crippen molar-refractivity contribution in [2.75, 3.05) is 23.7 Å². The first kappa shape index (κ1) is 37.3. The zero-order valence-corrected chi connectivity index (χ0v) is 29.6. The van der Waals surface area contributed by atoms with Gasteiger partial charge in [-0.25, -0.2) is 0 Å². The van der Waals surface area contributed by atoms with Gasteiger partial charge < -0.3 is 15.1 Å². The lowest BCUT2D eigenvalue weighted by atomic mass is 9.77. The number of phenolic OH excluding ortho intramolecular Hbond substituents is 1. The predicted octanol–water partition coefficient (Wildman–Crippen LogP) is 6.35. The molecule has 0 amide bonds. The first-order valence-electron chi connectivity index (χ1n) is 16.3. The normalized spacial score (nSPS) is 19.8. The quantitative estimate of drug-likeness (QED) is 0.0877. The van der Waals surface area contributed by atoms with Gasteiger partial charge in [0.05, 0.1) is 16.1 Å². The predicted molar refractivity (Wildman–Crippen MR) is 186 cm³/mol. The van der Waals surface area contributed by atoms with Crippen molar-refractivity contribution >= 4 is 43.3 Å². The lowest BCUT2D eigenvalue weighted by Gasteiger charge is -2.30. The van der Waals surface area contributed by atoms with Crippen LogP contribution in [0.25, 0.3) is 0 Å². The summed E-state index contributed by atoms with van der Waals surface area (Å²) in [6, 6.07) is 9.78. The van der Waals surface area contributed by atoms with Gasteiger partial charge in [0.15, 0.2) is 5.71 Å². The van der Waals surface area contributed by atoms with E-state index in [0.29, 0.717) is 36.9 Å². The molecule has 0 saturated carbocycles. The van der Waals surface area contributed by atoms with Crippen LogP contribution in [0, 0.1) is 0 Å². The number of rotatable bonds is 16. The number of nitrogens with zero attached hydrogens (tertiary/aromatic N) is 2. The summed E-state index contributed by atoms with van der Waals surface area (Å²) >= 11 is 0. The highest BCUT2D eigenvalue weighted by Crippen LogP contribution is 2.51. The third-order valence-corrected chi connectivity index (χ3v) is 11.1. The molecule has 0 fully saturated rings. The Kier molecular flexibility index (Phi) is 11.3. The number of carbonyl (C=O) groups is 1. The lowest BCUT2D eigenvalue weighted by molar-refractivity contribution is -0.438. The molecule has 2 heterocycles. The number of unbranched alkanes of at least 4 members (excludes halogenated alkanes) is 3. The number of fused-ring (bicyclic) bond motifs is 2. The minimum absolute atomic E-state index is 0.0382. The number of anilines is 1. The minimum atomic E-state index is -4.52. The summed E-state index contributed by atoms with van der Waals surface area (Å²) in [5, 5.41) is 19.4. The van der Waals surface area contributed by atoms with Crippen LogP contribution in [0.5, 0.6) is 5.75 Å². The van der Waals surface area contributed by atoms with Gasteiger partial charge >= 0.3 is 5.97 Å². The number of aliphatic carboxylic acids is 1. The number of aromatic hydroxyl groups is 1. The van der Waals surface area contributed by atoms with E-state index >= 15 is 0 Å². The van der Waals surface area contributed by atoms with E-state index in [4.69, 9.17) is 5.11 Å². The monoisotopic (exact) mass is 703 g/mol. The molecule has 11 nitrogen and oxygen atoms in total. The molecule has 2 aliphatic heterocycles. The Bertz CT molecular complexity index is 1860. The highest BCUT2D eigenvalue weighted by atomic mass is 32.2. The Labute approximate surface area is 283 Å². The zero-order valence-electron chi connectivity index (χ0n) is 28.0. The number of allylic oxidation sites excluding steroid dienone is 4. The Morgan fingerprint density at radius 2 is 1.67 bits per heavy atom. The largest absolute Gasteiger partial charge is 0.508 e. The Morgan fingerprint density at radius 3 is 2.31 bits per heavy atom. The van der Waals surface area contributed by atoms with Crippen molar-refractivity contribution < 1.29 is 45.5 Å². The van der Waals surface area contributed by atoms with Crippen molar-refractivity contribution in [2.24, 2.45) is 0 Å². The first-order chi connectivity index (χ1) is 22.4. The maximum Gasteiger partial charge on any atom is 0.303 e.